The van der Waals surface area contributed by atoms with E-state index < -0.39 is 0 Å². The lowest BCUT2D eigenvalue weighted by atomic mass is 9.66. The normalized spacial score (nSPS) is 22.6. The van der Waals surface area contributed by atoms with Gasteiger partial charge in [-0.15, -0.1) is 0 Å². The van der Waals surface area contributed by atoms with Crippen LogP contribution in [-0.4, -0.2) is 24.1 Å². The molecule has 1 aliphatic heterocycles. The number of nitrogens with zero attached hydrogens (tertiary/aromatic N) is 5. The van der Waals surface area contributed by atoms with Gasteiger partial charge in [-0.05, 0) is 74.6 Å². The maximum Gasteiger partial charge on any atom is 0.164 e. The number of benzene rings is 3. The highest BCUT2D eigenvalue weighted by Gasteiger charge is 2.47. The highest BCUT2D eigenvalue weighted by atomic mass is 15.1. The van der Waals surface area contributed by atoms with Crippen molar-refractivity contribution in [2.24, 2.45) is 11.8 Å². The van der Waals surface area contributed by atoms with Gasteiger partial charge in [0.15, 0.2) is 17.5 Å². The number of fused-ring (bicyclic) bond motifs is 5. The topological polar surface area (TPSA) is 48.5 Å². The zero-order chi connectivity index (χ0) is 37.3. The predicted octanol–water partition coefficient (Wildman–Crippen LogP) is 12.2. The molecular formula is C49H45N5. The molecule has 5 heteroatoms. The fourth-order valence-electron chi connectivity index (χ4n) is 9.40. The van der Waals surface area contributed by atoms with E-state index in [2.05, 4.69) is 147 Å². The number of aromatic nitrogens is 5. The van der Waals surface area contributed by atoms with Gasteiger partial charge in [0.05, 0.1) is 28.1 Å². The molecular weight excluding hydrogens is 659 g/mol. The van der Waals surface area contributed by atoms with E-state index in [-0.39, 0.29) is 23.4 Å². The molecule has 0 saturated heterocycles. The molecule has 4 atom stereocenters. The summed E-state index contributed by atoms with van der Waals surface area (Å²) in [4.78, 5) is 15.6. The van der Waals surface area contributed by atoms with E-state index in [1.54, 1.807) is 0 Å². The van der Waals surface area contributed by atoms with E-state index in [4.69, 9.17) is 15.0 Å². The van der Waals surface area contributed by atoms with Crippen LogP contribution in [0.4, 0.5) is 0 Å². The van der Waals surface area contributed by atoms with E-state index in [1.165, 1.54) is 49.4 Å². The predicted molar refractivity (Wildman–Crippen MR) is 227 cm³/mol. The zero-order valence-corrected chi connectivity index (χ0v) is 31.9. The molecule has 4 heterocycles. The first-order valence-corrected chi connectivity index (χ1v) is 19.1. The molecule has 4 unspecified atom stereocenters. The van der Waals surface area contributed by atoms with Crippen LogP contribution in [-0.2, 0) is 5.54 Å². The van der Waals surface area contributed by atoms with Crippen molar-refractivity contribution >= 4 is 49.4 Å². The van der Waals surface area contributed by atoms with Gasteiger partial charge in [0, 0.05) is 45.0 Å². The smallest absolute Gasteiger partial charge is 0.164 e. The Hall–Kier alpha value is -6.07. The monoisotopic (exact) mass is 703 g/mol. The molecule has 5 nitrogen and oxygen atoms in total. The highest BCUT2D eigenvalue weighted by molar-refractivity contribution is 6.18. The van der Waals surface area contributed by atoms with Crippen LogP contribution in [0.15, 0.2) is 151 Å². The maximum atomic E-state index is 5.28. The lowest BCUT2D eigenvalue weighted by Crippen LogP contribution is -2.39. The number of rotatable bonds is 7. The minimum absolute atomic E-state index is 0.0733. The van der Waals surface area contributed by atoms with E-state index in [1.807, 2.05) is 44.2 Å². The van der Waals surface area contributed by atoms with Crippen LogP contribution in [0.2, 0.25) is 0 Å². The van der Waals surface area contributed by atoms with Crippen molar-refractivity contribution in [1.82, 2.24) is 24.1 Å². The Balaban J connectivity index is 1.37. The van der Waals surface area contributed by atoms with Gasteiger partial charge in [0.25, 0.3) is 0 Å². The van der Waals surface area contributed by atoms with Gasteiger partial charge in [0.2, 0.25) is 0 Å². The summed E-state index contributed by atoms with van der Waals surface area (Å²) in [6.45, 7) is 17.2. The first-order valence-electron chi connectivity index (χ1n) is 19.1. The van der Waals surface area contributed by atoms with Crippen molar-refractivity contribution in [3.63, 3.8) is 0 Å². The average Bonchev–Trinajstić information content (AvgIpc) is 3.76. The Morgan fingerprint density at radius 3 is 2.37 bits per heavy atom. The summed E-state index contributed by atoms with van der Waals surface area (Å²) in [5.74, 6) is 2.41. The fraction of sp³-hybridized carbons (Fsp3) is 0.204. The van der Waals surface area contributed by atoms with Crippen molar-refractivity contribution in [2.45, 2.75) is 53.1 Å². The van der Waals surface area contributed by atoms with Crippen LogP contribution in [0, 0.1) is 11.8 Å². The van der Waals surface area contributed by atoms with Gasteiger partial charge in [-0.3, -0.25) is 0 Å². The minimum atomic E-state index is -0.362. The van der Waals surface area contributed by atoms with Crippen LogP contribution >= 0.6 is 0 Å². The summed E-state index contributed by atoms with van der Waals surface area (Å²) in [7, 11) is 0. The molecule has 0 spiro atoms. The molecule has 0 amide bonds. The third-order valence-electron chi connectivity index (χ3n) is 11.8. The lowest BCUT2D eigenvalue weighted by molar-refractivity contribution is 0.425. The first-order chi connectivity index (χ1) is 26.3. The van der Waals surface area contributed by atoms with Crippen LogP contribution in [0.3, 0.4) is 0 Å². The van der Waals surface area contributed by atoms with Gasteiger partial charge in [0.1, 0.15) is 0 Å². The zero-order valence-electron chi connectivity index (χ0n) is 31.9. The molecule has 0 saturated carbocycles. The Morgan fingerprint density at radius 2 is 1.61 bits per heavy atom. The highest BCUT2D eigenvalue weighted by Crippen LogP contribution is 2.56. The lowest BCUT2D eigenvalue weighted by Gasteiger charge is -2.45. The van der Waals surface area contributed by atoms with Crippen LogP contribution < -0.4 is 0 Å². The van der Waals surface area contributed by atoms with Crippen molar-refractivity contribution in [2.75, 3.05) is 0 Å². The van der Waals surface area contributed by atoms with E-state index >= 15 is 0 Å². The van der Waals surface area contributed by atoms with Crippen LogP contribution in [0.1, 0.15) is 64.8 Å². The summed E-state index contributed by atoms with van der Waals surface area (Å²) in [5.41, 5.74) is 11.7. The Labute approximate surface area is 317 Å². The molecule has 6 aromatic rings. The molecule has 0 bridgehead atoms. The molecule has 3 aliphatic rings. The van der Waals surface area contributed by atoms with Gasteiger partial charge < -0.3 is 9.13 Å². The second-order valence-electron chi connectivity index (χ2n) is 14.9. The molecule has 54 heavy (non-hydrogen) atoms. The van der Waals surface area contributed by atoms with Gasteiger partial charge in [-0.2, -0.15) is 0 Å². The van der Waals surface area contributed by atoms with Crippen LogP contribution in [0.25, 0.3) is 60.8 Å². The van der Waals surface area contributed by atoms with Gasteiger partial charge in [-0.1, -0.05) is 129 Å². The molecule has 3 aromatic carbocycles. The van der Waals surface area contributed by atoms with Crippen LogP contribution in [0.5, 0.6) is 0 Å². The molecule has 9 rings (SSSR count). The molecule has 2 aliphatic carbocycles. The third-order valence-corrected chi connectivity index (χ3v) is 11.8. The molecule has 0 fully saturated rings. The molecule has 3 aromatic heterocycles. The summed E-state index contributed by atoms with van der Waals surface area (Å²) < 4.78 is 5.16. The second kappa shape index (κ2) is 12.8. The Kier molecular flexibility index (Phi) is 8.00. The van der Waals surface area contributed by atoms with E-state index in [9.17, 15) is 0 Å². The van der Waals surface area contributed by atoms with Gasteiger partial charge >= 0.3 is 0 Å². The summed E-state index contributed by atoms with van der Waals surface area (Å²) in [5, 5.41) is 3.75. The molecule has 0 radical (unpaired) electrons. The van der Waals surface area contributed by atoms with E-state index in [0.29, 0.717) is 11.6 Å². The van der Waals surface area contributed by atoms with Crippen molar-refractivity contribution < 1.29 is 0 Å². The molecule has 266 valence electrons. The first kappa shape index (κ1) is 33.7. The SMILES string of the molecule is C=C/C=C(\C=C/C)c1ccc2c(c1)c1ccc3ccn4c3c1n2C1C=C(c2nc(C(/C=C\C)=C/C)nc(-c3ccccc3)n2)C(C)C2=C1C4(C)C=CC2C. The minimum Gasteiger partial charge on any atom is -0.333 e. The number of hydrogen-bond acceptors (Lipinski definition) is 3. The Bertz CT molecular complexity index is 2760. The quantitative estimate of drug-likeness (QED) is 0.123. The standard InChI is InChI=1S/C49H45N5/c1-8-15-32(11-4)46-50-47(35-18-13-12-14-19-35)52-48(51-46)38-29-41-43-42(31(38)6)30(5)24-26-49(43,7)53-27-25-34-20-22-37-39-28-36(33(16-9-2)17-10-3)21-23-40(39)54(41)45(37)44(34)53/h8-31,41H,2H2,1,3-7H3/b15-8-,17-10-,32-11+,33-16+. The second-order valence-corrected chi connectivity index (χ2v) is 14.9. The van der Waals surface area contributed by atoms with Crippen molar-refractivity contribution in [1.29, 1.82) is 0 Å². The third kappa shape index (κ3) is 4.87. The summed E-state index contributed by atoms with van der Waals surface area (Å²) >= 11 is 0. The Morgan fingerprint density at radius 1 is 0.833 bits per heavy atom. The maximum absolute atomic E-state index is 5.28. The van der Waals surface area contributed by atoms with E-state index in [0.717, 1.165) is 28.1 Å². The number of hydrogen-bond donors (Lipinski definition) is 0. The summed E-state index contributed by atoms with van der Waals surface area (Å²) in [6.07, 6.45) is 24.1. The summed E-state index contributed by atoms with van der Waals surface area (Å²) in [6, 6.07) is 24.1. The van der Waals surface area contributed by atoms with Gasteiger partial charge in [-0.25, -0.2) is 15.0 Å². The average molecular weight is 704 g/mol. The van der Waals surface area contributed by atoms with Crippen molar-refractivity contribution in [3.05, 3.63) is 169 Å². The molecule has 0 N–H and O–H groups in total. The fourth-order valence-corrected chi connectivity index (χ4v) is 9.40. The van der Waals surface area contributed by atoms with Crippen molar-refractivity contribution in [3.8, 4) is 11.4 Å². The number of allylic oxidation sites excluding steroid dienone is 15. The largest absolute Gasteiger partial charge is 0.333 e.